The van der Waals surface area contributed by atoms with Crippen LogP contribution in [0.15, 0.2) is 42.2 Å². The Balaban J connectivity index is 1.46. The largest absolute Gasteiger partial charge is 0.464 e. The number of rotatable bonds is 5. The van der Waals surface area contributed by atoms with E-state index in [0.29, 0.717) is 23.2 Å². The summed E-state index contributed by atoms with van der Waals surface area (Å²) in [4.78, 5) is 27.1. The molecule has 7 heteroatoms. The number of carbonyl (C=O) groups is 2. The van der Waals surface area contributed by atoms with Gasteiger partial charge in [-0.2, -0.15) is 0 Å². The minimum absolute atomic E-state index is 0.0242. The first-order chi connectivity index (χ1) is 14.3. The average molecular weight is 416 g/mol. The van der Waals surface area contributed by atoms with Gasteiger partial charge in [-0.1, -0.05) is 32.0 Å². The van der Waals surface area contributed by atoms with Crippen LogP contribution in [0.5, 0.6) is 5.75 Å². The van der Waals surface area contributed by atoms with Gasteiger partial charge in [0.05, 0.1) is 18.2 Å². The molecule has 2 heterocycles. The number of nitrogens with one attached hydrogen (secondary N) is 1. The fourth-order valence-corrected chi connectivity index (χ4v) is 4.38. The van der Waals surface area contributed by atoms with Gasteiger partial charge in [0.15, 0.2) is 0 Å². The molecule has 0 aromatic heterocycles. The second kappa shape index (κ2) is 8.20. The molecule has 1 aromatic carbocycles. The van der Waals surface area contributed by atoms with Crippen LogP contribution in [-0.2, 0) is 9.59 Å². The summed E-state index contributed by atoms with van der Waals surface area (Å²) in [5.74, 6) is -0.315. The van der Waals surface area contributed by atoms with Crippen molar-refractivity contribution in [2.24, 2.45) is 23.7 Å². The zero-order valence-corrected chi connectivity index (χ0v) is 17.1. The number of halogens is 2. The van der Waals surface area contributed by atoms with Crippen molar-refractivity contribution in [3.63, 3.8) is 0 Å². The Bertz CT molecular complexity index is 896. The predicted molar refractivity (Wildman–Crippen MR) is 109 cm³/mol. The molecule has 0 bridgehead atoms. The molecular weight excluding hydrogens is 390 g/mol. The molecule has 0 spiro atoms. The molecule has 2 fully saturated rings. The normalized spacial score (nSPS) is 27.4. The van der Waals surface area contributed by atoms with Crippen LogP contribution in [0, 0.1) is 23.7 Å². The van der Waals surface area contributed by atoms with Crippen LogP contribution in [0.1, 0.15) is 25.8 Å². The Morgan fingerprint density at radius 3 is 2.63 bits per heavy atom. The maximum atomic E-state index is 13.7. The Morgan fingerprint density at radius 2 is 1.93 bits per heavy atom. The fraction of sp³-hybridized carbons (Fsp3) is 0.478. The Morgan fingerprint density at radius 1 is 1.17 bits per heavy atom. The van der Waals surface area contributed by atoms with Crippen molar-refractivity contribution >= 4 is 17.9 Å². The van der Waals surface area contributed by atoms with Gasteiger partial charge >= 0.3 is 0 Å². The van der Waals surface area contributed by atoms with Crippen molar-refractivity contribution < 1.29 is 23.1 Å². The SMILES string of the molecule is CC(C)[C@@H]1C[C@H]1C(=O)N1C[C@@H](NC(=O)C2=Cc3ccccc3OC=C2)[C@H](C(F)F)C1. The van der Waals surface area contributed by atoms with E-state index < -0.39 is 24.3 Å². The summed E-state index contributed by atoms with van der Waals surface area (Å²) in [5.41, 5.74) is 1.05. The third-order valence-electron chi connectivity index (χ3n) is 6.27. The lowest BCUT2D eigenvalue weighted by atomic mass is 10.0. The second-order valence-electron chi connectivity index (χ2n) is 8.63. The molecule has 1 N–H and O–H groups in total. The maximum Gasteiger partial charge on any atom is 0.251 e. The van der Waals surface area contributed by atoms with Gasteiger partial charge in [-0.15, -0.1) is 0 Å². The van der Waals surface area contributed by atoms with Crippen LogP contribution < -0.4 is 10.1 Å². The lowest BCUT2D eigenvalue weighted by Gasteiger charge is -2.19. The Hall–Kier alpha value is -2.70. The average Bonchev–Trinajstić information content (AvgIpc) is 3.45. The van der Waals surface area contributed by atoms with E-state index >= 15 is 0 Å². The van der Waals surface area contributed by atoms with Crippen LogP contribution in [0.2, 0.25) is 0 Å². The topological polar surface area (TPSA) is 58.6 Å². The second-order valence-corrected chi connectivity index (χ2v) is 8.63. The molecule has 1 aromatic rings. The first-order valence-electron chi connectivity index (χ1n) is 10.4. The lowest BCUT2D eigenvalue weighted by molar-refractivity contribution is -0.132. The van der Waals surface area contributed by atoms with Crippen LogP contribution in [-0.4, -0.2) is 42.3 Å². The number of hydrogen-bond acceptors (Lipinski definition) is 3. The summed E-state index contributed by atoms with van der Waals surface area (Å²) in [6.45, 7) is 4.24. The zero-order valence-electron chi connectivity index (χ0n) is 17.1. The van der Waals surface area contributed by atoms with E-state index in [1.54, 1.807) is 12.1 Å². The first kappa shape index (κ1) is 20.6. The molecule has 5 nitrogen and oxygen atoms in total. The summed E-state index contributed by atoms with van der Waals surface area (Å²) in [7, 11) is 0. The van der Waals surface area contributed by atoms with Crippen molar-refractivity contribution in [2.45, 2.75) is 32.7 Å². The molecule has 2 amide bonds. The molecule has 1 aliphatic carbocycles. The number of carbonyl (C=O) groups excluding carboxylic acids is 2. The Kier molecular flexibility index (Phi) is 5.62. The van der Waals surface area contributed by atoms with Crippen molar-refractivity contribution in [3.8, 4) is 5.75 Å². The summed E-state index contributed by atoms with van der Waals surface area (Å²) in [6, 6.07) is 6.47. The number of ether oxygens (including phenoxy) is 1. The van der Waals surface area contributed by atoms with Crippen molar-refractivity contribution in [3.05, 3.63) is 47.7 Å². The van der Waals surface area contributed by atoms with Crippen LogP contribution in [0.25, 0.3) is 6.08 Å². The van der Waals surface area contributed by atoms with E-state index in [1.165, 1.54) is 17.2 Å². The minimum Gasteiger partial charge on any atom is -0.464 e. The van der Waals surface area contributed by atoms with Gasteiger partial charge in [0.2, 0.25) is 12.3 Å². The molecule has 0 unspecified atom stereocenters. The summed E-state index contributed by atoms with van der Waals surface area (Å²) in [6.07, 6.45) is 2.80. The van der Waals surface area contributed by atoms with Gasteiger partial charge in [0.1, 0.15) is 5.75 Å². The third kappa shape index (κ3) is 4.11. The third-order valence-corrected chi connectivity index (χ3v) is 6.27. The molecule has 0 radical (unpaired) electrons. The van der Waals surface area contributed by atoms with Gasteiger partial charge in [0.25, 0.3) is 5.91 Å². The molecule has 4 atom stereocenters. The van der Waals surface area contributed by atoms with E-state index in [2.05, 4.69) is 19.2 Å². The standard InChI is InChI=1S/C23H26F2N2O3/c1-13(2)16-10-17(16)23(29)27-11-18(21(24)25)19(12-27)26-22(28)15-7-8-30-20-6-4-3-5-14(20)9-15/h3-9,13,16-19,21H,10-12H2,1-2H3,(H,26,28)/t16-,17+,18+,19+/m0/s1. The predicted octanol–water partition coefficient (Wildman–Crippen LogP) is 3.48. The molecule has 1 saturated heterocycles. The molecule has 2 aliphatic heterocycles. The number of nitrogens with zero attached hydrogens (tertiary/aromatic N) is 1. The van der Waals surface area contributed by atoms with Crippen molar-refractivity contribution in [2.75, 3.05) is 13.1 Å². The highest BCUT2D eigenvalue weighted by Gasteiger charge is 2.50. The molecule has 30 heavy (non-hydrogen) atoms. The fourth-order valence-electron chi connectivity index (χ4n) is 4.38. The highest BCUT2D eigenvalue weighted by atomic mass is 19.3. The number of fused-ring (bicyclic) bond motifs is 1. The van der Waals surface area contributed by atoms with E-state index in [0.717, 1.165) is 12.0 Å². The highest BCUT2D eigenvalue weighted by molar-refractivity contribution is 6.01. The number of likely N-dealkylation sites (tertiary alicyclic amines) is 1. The molecule has 3 aliphatic rings. The van der Waals surface area contributed by atoms with Gasteiger partial charge in [-0.25, -0.2) is 8.78 Å². The maximum absolute atomic E-state index is 13.7. The number of para-hydroxylation sites is 1. The van der Waals surface area contributed by atoms with E-state index in [9.17, 15) is 18.4 Å². The van der Waals surface area contributed by atoms with E-state index in [-0.39, 0.29) is 24.9 Å². The summed E-state index contributed by atoms with van der Waals surface area (Å²) in [5, 5.41) is 2.73. The molecule has 160 valence electrons. The number of hydrogen-bond donors (Lipinski definition) is 1. The summed E-state index contributed by atoms with van der Waals surface area (Å²) >= 11 is 0. The van der Waals surface area contributed by atoms with Crippen LogP contribution in [0.4, 0.5) is 8.78 Å². The van der Waals surface area contributed by atoms with Gasteiger partial charge in [-0.3, -0.25) is 9.59 Å². The summed E-state index contributed by atoms with van der Waals surface area (Å²) < 4.78 is 32.8. The van der Waals surface area contributed by atoms with Crippen LogP contribution >= 0.6 is 0 Å². The van der Waals surface area contributed by atoms with Crippen LogP contribution in [0.3, 0.4) is 0 Å². The van der Waals surface area contributed by atoms with Gasteiger partial charge in [0, 0.05) is 30.1 Å². The lowest BCUT2D eigenvalue weighted by Crippen LogP contribution is -2.43. The smallest absolute Gasteiger partial charge is 0.251 e. The van der Waals surface area contributed by atoms with E-state index in [4.69, 9.17) is 4.74 Å². The van der Waals surface area contributed by atoms with Crippen molar-refractivity contribution in [1.29, 1.82) is 0 Å². The van der Waals surface area contributed by atoms with E-state index in [1.807, 2.05) is 18.2 Å². The monoisotopic (exact) mass is 416 g/mol. The number of benzene rings is 1. The Labute approximate surface area is 174 Å². The zero-order chi connectivity index (χ0) is 21.4. The minimum atomic E-state index is -2.61. The first-order valence-corrected chi connectivity index (χ1v) is 10.4. The van der Waals surface area contributed by atoms with Crippen molar-refractivity contribution in [1.82, 2.24) is 10.2 Å². The van der Waals surface area contributed by atoms with Gasteiger partial charge < -0.3 is 15.0 Å². The van der Waals surface area contributed by atoms with Gasteiger partial charge in [-0.05, 0) is 36.5 Å². The molecule has 1 saturated carbocycles. The number of alkyl halides is 2. The quantitative estimate of drug-likeness (QED) is 0.800. The molecular formula is C23H26F2N2O3. The highest BCUT2D eigenvalue weighted by Crippen LogP contribution is 2.46. The number of amides is 2. The molecule has 4 rings (SSSR count).